The van der Waals surface area contributed by atoms with Crippen LogP contribution in [0.2, 0.25) is 0 Å². The number of benzene rings is 1. The molecular weight excluding hydrogens is 247 g/mol. The number of hydrogen-bond acceptors (Lipinski definition) is 2. The molecular formula is C12H14F3NO2. The third kappa shape index (κ3) is 3.15. The molecule has 6 heteroatoms. The Morgan fingerprint density at radius 2 is 1.78 bits per heavy atom. The molecule has 1 atom stereocenters. The van der Waals surface area contributed by atoms with Crippen LogP contribution in [0.1, 0.15) is 25.8 Å². The van der Waals surface area contributed by atoms with Gasteiger partial charge in [-0.15, -0.1) is 0 Å². The summed E-state index contributed by atoms with van der Waals surface area (Å²) in [6.07, 6.45) is -4.08. The average molecular weight is 261 g/mol. The zero-order valence-electron chi connectivity index (χ0n) is 10.0. The lowest BCUT2D eigenvalue weighted by molar-refractivity contribution is -0.142. The number of hydrogen-bond donors (Lipinski definition) is 2. The second-order valence-corrected chi connectivity index (χ2v) is 4.19. The first-order valence-electron chi connectivity index (χ1n) is 5.38. The highest BCUT2D eigenvalue weighted by atomic mass is 19.4. The predicted octanol–water partition coefficient (Wildman–Crippen LogP) is 3.37. The van der Waals surface area contributed by atoms with Crippen LogP contribution in [-0.4, -0.2) is 16.6 Å². The van der Waals surface area contributed by atoms with E-state index in [1.54, 1.807) is 6.92 Å². The van der Waals surface area contributed by atoms with Gasteiger partial charge in [0, 0.05) is 5.69 Å². The summed E-state index contributed by atoms with van der Waals surface area (Å²) in [7, 11) is 0. The molecule has 0 aromatic heterocycles. The lowest BCUT2D eigenvalue weighted by atomic mass is 9.98. The predicted molar refractivity (Wildman–Crippen MR) is 61.4 cm³/mol. The number of carboxylic acids is 1. The summed E-state index contributed by atoms with van der Waals surface area (Å²) in [5.74, 6) is -1.05. The van der Waals surface area contributed by atoms with Gasteiger partial charge in [0.15, 0.2) is 0 Å². The number of alkyl halides is 3. The molecule has 0 saturated heterocycles. The molecule has 100 valence electrons. The highest BCUT2D eigenvalue weighted by Crippen LogP contribution is 2.30. The van der Waals surface area contributed by atoms with Crippen molar-refractivity contribution in [2.75, 3.05) is 5.32 Å². The molecule has 3 nitrogen and oxygen atoms in total. The maximum absolute atomic E-state index is 12.3. The zero-order chi connectivity index (χ0) is 14.0. The van der Waals surface area contributed by atoms with Gasteiger partial charge in [0.25, 0.3) is 0 Å². The van der Waals surface area contributed by atoms with E-state index in [-0.39, 0.29) is 0 Å². The van der Waals surface area contributed by atoms with Crippen LogP contribution in [0.5, 0.6) is 0 Å². The second kappa shape index (κ2) is 4.88. The van der Waals surface area contributed by atoms with Gasteiger partial charge in [0.2, 0.25) is 0 Å². The van der Waals surface area contributed by atoms with Crippen molar-refractivity contribution in [1.29, 1.82) is 0 Å². The van der Waals surface area contributed by atoms with E-state index in [2.05, 4.69) is 5.32 Å². The van der Waals surface area contributed by atoms with Gasteiger partial charge in [0.05, 0.1) is 5.56 Å². The molecule has 1 rings (SSSR count). The van der Waals surface area contributed by atoms with Gasteiger partial charge in [-0.25, -0.2) is 4.79 Å². The third-order valence-corrected chi connectivity index (χ3v) is 2.81. The van der Waals surface area contributed by atoms with Crippen molar-refractivity contribution >= 4 is 11.7 Å². The van der Waals surface area contributed by atoms with Crippen LogP contribution >= 0.6 is 0 Å². The fourth-order valence-electron chi connectivity index (χ4n) is 1.35. The summed E-state index contributed by atoms with van der Waals surface area (Å²) in [6.45, 7) is 3.16. The number of halogens is 3. The van der Waals surface area contributed by atoms with Gasteiger partial charge in [0.1, 0.15) is 5.54 Å². The largest absolute Gasteiger partial charge is 0.480 e. The lowest BCUT2D eigenvalue weighted by Gasteiger charge is -2.26. The Labute approximate surface area is 103 Å². The molecule has 0 spiro atoms. The Morgan fingerprint density at radius 3 is 2.11 bits per heavy atom. The minimum Gasteiger partial charge on any atom is -0.480 e. The van der Waals surface area contributed by atoms with E-state index in [1.165, 1.54) is 19.1 Å². The van der Waals surface area contributed by atoms with E-state index in [1.807, 2.05) is 0 Å². The topological polar surface area (TPSA) is 49.3 Å². The number of nitrogens with one attached hydrogen (secondary N) is 1. The summed E-state index contributed by atoms with van der Waals surface area (Å²) in [5, 5.41) is 11.8. The van der Waals surface area contributed by atoms with Crippen LogP contribution in [0.25, 0.3) is 0 Å². The average Bonchev–Trinajstić information content (AvgIpc) is 2.28. The van der Waals surface area contributed by atoms with Gasteiger partial charge < -0.3 is 10.4 Å². The number of carbonyl (C=O) groups is 1. The Hall–Kier alpha value is -1.72. The number of anilines is 1. The van der Waals surface area contributed by atoms with Crippen molar-refractivity contribution in [3.8, 4) is 0 Å². The molecule has 2 N–H and O–H groups in total. The monoisotopic (exact) mass is 261 g/mol. The number of aliphatic carboxylic acids is 1. The van der Waals surface area contributed by atoms with Gasteiger partial charge in [-0.1, -0.05) is 6.92 Å². The summed E-state index contributed by atoms with van der Waals surface area (Å²) < 4.78 is 37.0. The van der Waals surface area contributed by atoms with Crippen LogP contribution in [0.15, 0.2) is 24.3 Å². The zero-order valence-corrected chi connectivity index (χ0v) is 10.0. The van der Waals surface area contributed by atoms with Crippen LogP contribution in [-0.2, 0) is 11.0 Å². The molecule has 0 bridgehead atoms. The summed E-state index contributed by atoms with van der Waals surface area (Å²) in [4.78, 5) is 11.0. The molecule has 0 fully saturated rings. The van der Waals surface area contributed by atoms with Crippen molar-refractivity contribution in [3.63, 3.8) is 0 Å². The SMILES string of the molecule is CCC(C)(Nc1ccc(C(F)(F)F)cc1)C(=O)O. The van der Waals surface area contributed by atoms with E-state index in [9.17, 15) is 18.0 Å². The summed E-state index contributed by atoms with van der Waals surface area (Å²) in [5.41, 5.74) is -1.61. The van der Waals surface area contributed by atoms with Gasteiger partial charge in [-0.05, 0) is 37.6 Å². The van der Waals surface area contributed by atoms with Crippen molar-refractivity contribution < 1.29 is 23.1 Å². The van der Waals surface area contributed by atoms with Crippen molar-refractivity contribution in [2.24, 2.45) is 0 Å². The van der Waals surface area contributed by atoms with Crippen molar-refractivity contribution in [3.05, 3.63) is 29.8 Å². The minimum absolute atomic E-state index is 0.309. The highest BCUT2D eigenvalue weighted by Gasteiger charge is 2.32. The molecule has 1 aromatic rings. The normalized spacial score (nSPS) is 14.9. The Bertz CT molecular complexity index is 428. The molecule has 0 heterocycles. The molecule has 0 saturated carbocycles. The molecule has 0 aliphatic heterocycles. The molecule has 0 radical (unpaired) electrons. The Kier molecular flexibility index (Phi) is 3.88. The lowest BCUT2D eigenvalue weighted by Crippen LogP contribution is -2.42. The van der Waals surface area contributed by atoms with Crippen LogP contribution in [0.4, 0.5) is 18.9 Å². The van der Waals surface area contributed by atoms with Gasteiger partial charge in [-0.3, -0.25) is 0 Å². The van der Waals surface area contributed by atoms with E-state index < -0.39 is 23.2 Å². The molecule has 1 unspecified atom stereocenters. The number of rotatable bonds is 4. The van der Waals surface area contributed by atoms with Crippen molar-refractivity contribution in [2.45, 2.75) is 32.0 Å². The molecule has 0 aliphatic rings. The smallest absolute Gasteiger partial charge is 0.416 e. The second-order valence-electron chi connectivity index (χ2n) is 4.19. The molecule has 0 amide bonds. The summed E-state index contributed by atoms with van der Waals surface area (Å²) in [6, 6.07) is 4.28. The molecule has 0 aliphatic carbocycles. The maximum atomic E-state index is 12.3. The van der Waals surface area contributed by atoms with E-state index in [4.69, 9.17) is 5.11 Å². The van der Waals surface area contributed by atoms with E-state index in [0.717, 1.165) is 12.1 Å². The maximum Gasteiger partial charge on any atom is 0.416 e. The van der Waals surface area contributed by atoms with Crippen LogP contribution < -0.4 is 5.32 Å². The molecule has 1 aromatic carbocycles. The quantitative estimate of drug-likeness (QED) is 0.873. The van der Waals surface area contributed by atoms with Crippen LogP contribution in [0.3, 0.4) is 0 Å². The Morgan fingerprint density at radius 1 is 1.28 bits per heavy atom. The fraction of sp³-hybridized carbons (Fsp3) is 0.417. The van der Waals surface area contributed by atoms with E-state index in [0.29, 0.717) is 12.1 Å². The highest BCUT2D eigenvalue weighted by molar-refractivity contribution is 5.82. The van der Waals surface area contributed by atoms with E-state index >= 15 is 0 Å². The first-order chi connectivity index (χ1) is 8.19. The number of carboxylic acid groups (broad SMARTS) is 1. The van der Waals surface area contributed by atoms with Crippen LogP contribution in [0, 0.1) is 0 Å². The van der Waals surface area contributed by atoms with Gasteiger partial charge >= 0.3 is 12.1 Å². The fourth-order valence-corrected chi connectivity index (χ4v) is 1.35. The standard InChI is InChI=1S/C12H14F3NO2/c1-3-11(2,10(17)18)16-9-6-4-8(5-7-9)12(13,14)15/h4-7,16H,3H2,1-2H3,(H,17,18). The first kappa shape index (κ1) is 14.3. The third-order valence-electron chi connectivity index (χ3n) is 2.81. The first-order valence-corrected chi connectivity index (χ1v) is 5.38. The Balaban J connectivity index is 2.90. The molecule has 18 heavy (non-hydrogen) atoms. The van der Waals surface area contributed by atoms with Crippen molar-refractivity contribution in [1.82, 2.24) is 0 Å². The van der Waals surface area contributed by atoms with Gasteiger partial charge in [-0.2, -0.15) is 13.2 Å². The minimum atomic E-state index is -4.39. The summed E-state index contributed by atoms with van der Waals surface area (Å²) >= 11 is 0.